The third-order valence-electron chi connectivity index (χ3n) is 2.24. The average molecular weight is 234 g/mol. The minimum atomic E-state index is 0.227. The van der Waals surface area contributed by atoms with Crippen molar-refractivity contribution in [2.45, 2.75) is 38.6 Å². The molecule has 2 nitrogen and oxygen atoms in total. The maximum absolute atomic E-state index is 11.2. The number of carbonyl (C=O) groups excluding carboxylic acids is 1. The summed E-state index contributed by atoms with van der Waals surface area (Å²) < 4.78 is 0. The van der Waals surface area contributed by atoms with Gasteiger partial charge in [-0.25, -0.2) is 0 Å². The Morgan fingerprint density at radius 3 is 2.75 bits per heavy atom. The van der Waals surface area contributed by atoms with Crippen LogP contribution >= 0.6 is 15.9 Å². The minimum Gasteiger partial charge on any atom is -0.353 e. The van der Waals surface area contributed by atoms with Gasteiger partial charge in [-0.1, -0.05) is 22.9 Å². The molecule has 0 aromatic rings. The lowest BCUT2D eigenvalue weighted by Gasteiger charge is -2.01. The van der Waals surface area contributed by atoms with Gasteiger partial charge in [-0.05, 0) is 25.2 Å². The van der Waals surface area contributed by atoms with Crippen molar-refractivity contribution in [3.8, 4) is 0 Å². The molecule has 0 saturated heterocycles. The molecule has 0 radical (unpaired) electrons. The van der Waals surface area contributed by atoms with Crippen LogP contribution in [0.25, 0.3) is 0 Å². The number of hydrogen-bond acceptors (Lipinski definition) is 1. The van der Waals surface area contributed by atoms with Gasteiger partial charge in [0.2, 0.25) is 5.91 Å². The van der Waals surface area contributed by atoms with Crippen molar-refractivity contribution in [2.24, 2.45) is 5.92 Å². The second-order valence-electron chi connectivity index (χ2n) is 3.53. The zero-order chi connectivity index (χ0) is 8.97. The van der Waals surface area contributed by atoms with Gasteiger partial charge in [-0.15, -0.1) is 0 Å². The van der Waals surface area contributed by atoms with Gasteiger partial charge in [0.15, 0.2) is 0 Å². The number of nitrogens with one attached hydrogen (secondary N) is 1. The molecule has 1 rings (SSSR count). The summed E-state index contributed by atoms with van der Waals surface area (Å²) in [5.41, 5.74) is 0. The quantitative estimate of drug-likeness (QED) is 0.572. The van der Waals surface area contributed by atoms with Gasteiger partial charge in [0.1, 0.15) is 0 Å². The van der Waals surface area contributed by atoms with Crippen LogP contribution in [-0.4, -0.2) is 17.3 Å². The van der Waals surface area contributed by atoms with Crippen LogP contribution in [0, 0.1) is 5.92 Å². The van der Waals surface area contributed by atoms with Crippen LogP contribution in [0.3, 0.4) is 0 Å². The van der Waals surface area contributed by atoms with E-state index in [0.29, 0.717) is 18.4 Å². The zero-order valence-corrected chi connectivity index (χ0v) is 9.06. The number of alkyl halides is 1. The molecule has 1 N–H and O–H groups in total. The highest BCUT2D eigenvalue weighted by molar-refractivity contribution is 9.09. The Hall–Kier alpha value is -0.0500. The Kier molecular flexibility index (Phi) is 4.06. The van der Waals surface area contributed by atoms with Crippen molar-refractivity contribution in [2.75, 3.05) is 5.33 Å². The van der Waals surface area contributed by atoms with Crippen molar-refractivity contribution in [1.82, 2.24) is 5.32 Å². The lowest BCUT2D eigenvalue weighted by atomic mass is 10.2. The van der Waals surface area contributed by atoms with Crippen molar-refractivity contribution in [3.63, 3.8) is 0 Å². The summed E-state index contributed by atoms with van der Waals surface area (Å²) in [6.07, 6.45) is 3.95. The number of rotatable bonds is 5. The molecule has 2 unspecified atom stereocenters. The smallest absolute Gasteiger partial charge is 0.220 e. The third kappa shape index (κ3) is 3.57. The molecule has 1 fully saturated rings. The second kappa shape index (κ2) is 4.85. The third-order valence-corrected chi connectivity index (χ3v) is 2.80. The molecule has 1 amide bonds. The predicted octanol–water partition coefficient (Wildman–Crippen LogP) is 2.08. The average Bonchev–Trinajstić information content (AvgIpc) is 2.67. The molecule has 0 heterocycles. The van der Waals surface area contributed by atoms with Gasteiger partial charge in [0, 0.05) is 17.8 Å². The van der Waals surface area contributed by atoms with E-state index in [4.69, 9.17) is 0 Å². The molecule has 0 aromatic heterocycles. The van der Waals surface area contributed by atoms with Gasteiger partial charge in [-0.3, -0.25) is 4.79 Å². The van der Waals surface area contributed by atoms with Gasteiger partial charge >= 0.3 is 0 Å². The van der Waals surface area contributed by atoms with Crippen LogP contribution in [0.2, 0.25) is 0 Å². The molecular weight excluding hydrogens is 218 g/mol. The van der Waals surface area contributed by atoms with E-state index in [2.05, 4.69) is 28.2 Å². The molecule has 0 bridgehead atoms. The standard InChI is InChI=1S/C9H16BrNO/c1-7-6-8(7)11-9(12)4-2-3-5-10/h7-8H,2-6H2,1H3,(H,11,12). The van der Waals surface area contributed by atoms with Crippen molar-refractivity contribution in [1.29, 1.82) is 0 Å². The highest BCUT2D eigenvalue weighted by Gasteiger charge is 2.33. The predicted molar refractivity (Wildman–Crippen MR) is 53.4 cm³/mol. The van der Waals surface area contributed by atoms with E-state index in [1.807, 2.05) is 0 Å². The van der Waals surface area contributed by atoms with Crippen LogP contribution in [0.4, 0.5) is 0 Å². The van der Waals surface area contributed by atoms with Gasteiger partial charge < -0.3 is 5.32 Å². The number of hydrogen-bond donors (Lipinski definition) is 1. The first-order valence-electron chi connectivity index (χ1n) is 4.59. The molecule has 0 spiro atoms. The van der Waals surface area contributed by atoms with Crippen molar-refractivity contribution < 1.29 is 4.79 Å². The first kappa shape index (κ1) is 10.0. The fourth-order valence-corrected chi connectivity index (χ4v) is 1.58. The van der Waals surface area contributed by atoms with Crippen LogP contribution in [0.1, 0.15) is 32.6 Å². The number of amides is 1. The summed E-state index contributed by atoms with van der Waals surface area (Å²) in [7, 11) is 0. The molecule has 3 heteroatoms. The van der Waals surface area contributed by atoms with Gasteiger partial charge in [0.25, 0.3) is 0 Å². The number of unbranched alkanes of at least 4 members (excludes halogenated alkanes) is 1. The van der Waals surface area contributed by atoms with E-state index in [1.165, 1.54) is 6.42 Å². The van der Waals surface area contributed by atoms with Crippen molar-refractivity contribution in [3.05, 3.63) is 0 Å². The fraction of sp³-hybridized carbons (Fsp3) is 0.889. The lowest BCUT2D eigenvalue weighted by Crippen LogP contribution is -2.26. The summed E-state index contributed by atoms with van der Waals surface area (Å²) in [6.45, 7) is 2.17. The minimum absolute atomic E-state index is 0.227. The van der Waals surface area contributed by atoms with Crippen molar-refractivity contribution >= 4 is 21.8 Å². The first-order valence-corrected chi connectivity index (χ1v) is 5.71. The molecule has 1 saturated carbocycles. The Morgan fingerprint density at radius 1 is 1.58 bits per heavy atom. The largest absolute Gasteiger partial charge is 0.353 e. The summed E-state index contributed by atoms with van der Waals surface area (Å²) in [4.78, 5) is 11.2. The maximum Gasteiger partial charge on any atom is 0.220 e. The van der Waals surface area contributed by atoms with Gasteiger partial charge in [-0.2, -0.15) is 0 Å². The topological polar surface area (TPSA) is 29.1 Å². The van der Waals surface area contributed by atoms with E-state index in [9.17, 15) is 4.79 Å². The molecule has 1 aliphatic rings. The van der Waals surface area contributed by atoms with Crippen LogP contribution in [-0.2, 0) is 4.79 Å². The van der Waals surface area contributed by atoms with E-state index >= 15 is 0 Å². The molecule has 0 aliphatic heterocycles. The van der Waals surface area contributed by atoms with Gasteiger partial charge in [0.05, 0.1) is 0 Å². The molecule has 70 valence electrons. The second-order valence-corrected chi connectivity index (χ2v) is 4.33. The van der Waals surface area contributed by atoms with E-state index in [0.717, 1.165) is 18.2 Å². The normalized spacial score (nSPS) is 26.8. The van der Waals surface area contributed by atoms with Crippen LogP contribution < -0.4 is 5.32 Å². The Labute approximate surface area is 82.2 Å². The molecular formula is C9H16BrNO. The highest BCUT2D eigenvalue weighted by Crippen LogP contribution is 2.28. The summed E-state index contributed by atoms with van der Waals surface area (Å²) >= 11 is 3.34. The van der Waals surface area contributed by atoms with Crippen LogP contribution in [0.5, 0.6) is 0 Å². The Bertz CT molecular complexity index is 161. The lowest BCUT2D eigenvalue weighted by molar-refractivity contribution is -0.121. The first-order chi connectivity index (χ1) is 5.74. The Morgan fingerprint density at radius 2 is 2.25 bits per heavy atom. The fourth-order valence-electron chi connectivity index (χ4n) is 1.18. The van der Waals surface area contributed by atoms with E-state index in [1.54, 1.807) is 0 Å². The number of carbonyl (C=O) groups is 1. The summed E-state index contributed by atoms with van der Waals surface area (Å²) in [5.74, 6) is 0.940. The highest BCUT2D eigenvalue weighted by atomic mass is 79.9. The molecule has 1 aliphatic carbocycles. The SMILES string of the molecule is CC1CC1NC(=O)CCCCBr. The van der Waals surface area contributed by atoms with Crippen LogP contribution in [0.15, 0.2) is 0 Å². The summed E-state index contributed by atoms with van der Waals surface area (Å²) in [6, 6.07) is 0.487. The molecule has 12 heavy (non-hydrogen) atoms. The Balaban J connectivity index is 1.97. The van der Waals surface area contributed by atoms with E-state index in [-0.39, 0.29) is 5.91 Å². The zero-order valence-electron chi connectivity index (χ0n) is 7.48. The number of halogens is 1. The molecule has 0 aromatic carbocycles. The monoisotopic (exact) mass is 233 g/mol. The maximum atomic E-state index is 11.2. The molecule has 2 atom stereocenters. The summed E-state index contributed by atoms with van der Waals surface area (Å²) in [5, 5.41) is 4.01. The van der Waals surface area contributed by atoms with E-state index < -0.39 is 0 Å².